The van der Waals surface area contributed by atoms with E-state index in [9.17, 15) is 22.4 Å². The van der Waals surface area contributed by atoms with Gasteiger partial charge in [0.25, 0.3) is 5.91 Å². The number of nitrogens with zero attached hydrogens (tertiary/aromatic N) is 1. The van der Waals surface area contributed by atoms with Crippen LogP contribution in [0.3, 0.4) is 0 Å². The highest BCUT2D eigenvalue weighted by molar-refractivity contribution is 5.84. The van der Waals surface area contributed by atoms with Crippen LogP contribution < -0.4 is 0 Å². The molecule has 0 aliphatic carbocycles. The van der Waals surface area contributed by atoms with Crippen molar-refractivity contribution in [3.8, 4) is 0 Å². The average molecular weight is 263 g/mol. The Morgan fingerprint density at radius 2 is 1.83 bits per heavy atom. The van der Waals surface area contributed by atoms with E-state index in [0.717, 1.165) is 0 Å². The van der Waals surface area contributed by atoms with Gasteiger partial charge < -0.3 is 4.90 Å². The summed E-state index contributed by atoms with van der Waals surface area (Å²) in [5.74, 6) is -6.48. The van der Waals surface area contributed by atoms with Gasteiger partial charge in [0.2, 0.25) is 0 Å². The monoisotopic (exact) mass is 263 g/mol. The molecule has 0 aliphatic rings. The molecule has 0 aromatic heterocycles. The number of halogens is 4. The van der Waals surface area contributed by atoms with Gasteiger partial charge in [-0.1, -0.05) is 30.3 Å². The second kappa shape index (κ2) is 5.84. The van der Waals surface area contributed by atoms with Crippen LogP contribution in [0.1, 0.15) is 12.5 Å². The number of rotatable bonds is 5. The quantitative estimate of drug-likeness (QED) is 0.748. The molecule has 0 saturated heterocycles. The normalized spacial score (nSPS) is 11.7. The first kappa shape index (κ1) is 14.5. The fourth-order valence-corrected chi connectivity index (χ4v) is 1.44. The Morgan fingerprint density at radius 1 is 1.28 bits per heavy atom. The van der Waals surface area contributed by atoms with Gasteiger partial charge in [0, 0.05) is 13.1 Å². The molecule has 0 aliphatic heterocycles. The molecule has 0 atom stereocenters. The molecule has 1 aromatic carbocycles. The summed E-state index contributed by atoms with van der Waals surface area (Å²) in [6.45, 7) is 1.29. The van der Waals surface area contributed by atoms with E-state index in [4.69, 9.17) is 0 Å². The third-order valence-electron chi connectivity index (χ3n) is 2.44. The van der Waals surface area contributed by atoms with Crippen LogP contribution in [0.4, 0.5) is 17.6 Å². The molecule has 0 fully saturated rings. The molecule has 0 spiro atoms. The van der Waals surface area contributed by atoms with Crippen molar-refractivity contribution < 1.29 is 22.4 Å². The Hall–Kier alpha value is -1.59. The first-order chi connectivity index (χ1) is 8.39. The van der Waals surface area contributed by atoms with E-state index in [-0.39, 0.29) is 13.1 Å². The van der Waals surface area contributed by atoms with Crippen molar-refractivity contribution in [1.29, 1.82) is 0 Å². The Morgan fingerprint density at radius 3 is 2.28 bits per heavy atom. The van der Waals surface area contributed by atoms with E-state index in [0.29, 0.717) is 10.5 Å². The number of benzene rings is 1. The van der Waals surface area contributed by atoms with Crippen LogP contribution in [0.15, 0.2) is 30.3 Å². The van der Waals surface area contributed by atoms with E-state index in [2.05, 4.69) is 0 Å². The fraction of sp³-hybridized carbons (Fsp3) is 0.417. The second-order valence-electron chi connectivity index (χ2n) is 3.73. The lowest BCUT2D eigenvalue weighted by Crippen LogP contribution is -2.47. The van der Waals surface area contributed by atoms with Crippen LogP contribution in [0.5, 0.6) is 0 Å². The lowest BCUT2D eigenvalue weighted by atomic mass is 10.2. The molecule has 6 heteroatoms. The van der Waals surface area contributed by atoms with Gasteiger partial charge in [0.05, 0.1) is 0 Å². The van der Waals surface area contributed by atoms with E-state index >= 15 is 0 Å². The summed E-state index contributed by atoms with van der Waals surface area (Å²) in [5, 5.41) is 0. The summed E-state index contributed by atoms with van der Waals surface area (Å²) in [5.41, 5.74) is 0.609. The molecule has 2 nitrogen and oxygen atoms in total. The van der Waals surface area contributed by atoms with Crippen LogP contribution in [-0.2, 0) is 11.3 Å². The zero-order chi connectivity index (χ0) is 13.8. The van der Waals surface area contributed by atoms with Crippen molar-refractivity contribution in [3.63, 3.8) is 0 Å². The van der Waals surface area contributed by atoms with Gasteiger partial charge >= 0.3 is 12.3 Å². The van der Waals surface area contributed by atoms with E-state index in [1.165, 1.54) is 6.92 Å². The van der Waals surface area contributed by atoms with Crippen LogP contribution >= 0.6 is 0 Å². The van der Waals surface area contributed by atoms with Crippen molar-refractivity contribution >= 4 is 5.91 Å². The molecular formula is C12H13F4NO. The summed E-state index contributed by atoms with van der Waals surface area (Å²) in [6.07, 6.45) is -3.99. The molecule has 18 heavy (non-hydrogen) atoms. The highest BCUT2D eigenvalue weighted by Crippen LogP contribution is 2.26. The minimum Gasteiger partial charge on any atom is -0.333 e. The molecule has 0 heterocycles. The Labute approximate surface area is 102 Å². The van der Waals surface area contributed by atoms with Gasteiger partial charge in [0.15, 0.2) is 0 Å². The number of alkyl halides is 4. The number of carbonyl (C=O) groups is 1. The number of carbonyl (C=O) groups excluding carboxylic acids is 1. The van der Waals surface area contributed by atoms with Crippen LogP contribution in [-0.4, -0.2) is 29.7 Å². The van der Waals surface area contributed by atoms with Gasteiger partial charge in [-0.15, -0.1) is 0 Å². The van der Waals surface area contributed by atoms with Crippen molar-refractivity contribution in [2.24, 2.45) is 0 Å². The van der Waals surface area contributed by atoms with Crippen LogP contribution in [0.2, 0.25) is 0 Å². The zero-order valence-corrected chi connectivity index (χ0v) is 9.75. The van der Waals surface area contributed by atoms with Gasteiger partial charge in [-0.3, -0.25) is 4.79 Å². The smallest absolute Gasteiger partial charge is 0.333 e. The summed E-state index contributed by atoms with van der Waals surface area (Å²) in [7, 11) is 0. The van der Waals surface area contributed by atoms with Gasteiger partial charge in [-0.25, -0.2) is 8.78 Å². The summed E-state index contributed by atoms with van der Waals surface area (Å²) in [4.78, 5) is 12.0. The number of amides is 1. The lowest BCUT2D eigenvalue weighted by Gasteiger charge is -2.25. The largest absolute Gasteiger partial charge is 0.383 e. The summed E-state index contributed by atoms with van der Waals surface area (Å²) < 4.78 is 50.1. The minimum absolute atomic E-state index is 0.0595. The molecule has 0 bridgehead atoms. The maximum absolute atomic E-state index is 12.9. The highest BCUT2D eigenvalue weighted by atomic mass is 19.3. The predicted octanol–water partition coefficient (Wildman–Crippen LogP) is 2.94. The third-order valence-corrected chi connectivity index (χ3v) is 2.44. The zero-order valence-electron chi connectivity index (χ0n) is 9.75. The second-order valence-corrected chi connectivity index (χ2v) is 3.73. The molecule has 1 aromatic rings. The molecule has 0 saturated carbocycles. The van der Waals surface area contributed by atoms with Crippen molar-refractivity contribution in [2.75, 3.05) is 6.54 Å². The first-order valence-electron chi connectivity index (χ1n) is 5.38. The van der Waals surface area contributed by atoms with Crippen LogP contribution in [0.25, 0.3) is 0 Å². The Balaban J connectivity index is 2.82. The molecule has 100 valence electrons. The summed E-state index contributed by atoms with van der Waals surface area (Å²) in [6, 6.07) is 8.36. The molecule has 0 N–H and O–H groups in total. The Bertz CT molecular complexity index is 394. The minimum atomic E-state index is -4.63. The summed E-state index contributed by atoms with van der Waals surface area (Å²) >= 11 is 0. The van der Waals surface area contributed by atoms with Gasteiger partial charge in [0.1, 0.15) is 0 Å². The van der Waals surface area contributed by atoms with E-state index in [1.807, 2.05) is 0 Å². The SMILES string of the molecule is CCN(Cc1ccccc1)C(=O)C(F)(F)C(F)F. The fourth-order valence-electron chi connectivity index (χ4n) is 1.44. The predicted molar refractivity (Wildman–Crippen MR) is 58.5 cm³/mol. The van der Waals surface area contributed by atoms with E-state index in [1.54, 1.807) is 30.3 Å². The molecule has 1 amide bonds. The van der Waals surface area contributed by atoms with Crippen molar-refractivity contribution in [1.82, 2.24) is 4.90 Å². The highest BCUT2D eigenvalue weighted by Gasteiger charge is 2.50. The topological polar surface area (TPSA) is 20.3 Å². The maximum Gasteiger partial charge on any atom is 0.383 e. The molecular weight excluding hydrogens is 250 g/mol. The van der Waals surface area contributed by atoms with Gasteiger partial charge in [-0.2, -0.15) is 8.78 Å². The van der Waals surface area contributed by atoms with Gasteiger partial charge in [-0.05, 0) is 12.5 Å². The average Bonchev–Trinajstić information content (AvgIpc) is 2.36. The molecule has 1 rings (SSSR count). The van der Waals surface area contributed by atoms with E-state index < -0.39 is 18.3 Å². The number of hydrogen-bond donors (Lipinski definition) is 0. The number of hydrogen-bond acceptors (Lipinski definition) is 1. The van der Waals surface area contributed by atoms with Crippen molar-refractivity contribution in [2.45, 2.75) is 25.8 Å². The first-order valence-corrected chi connectivity index (χ1v) is 5.38. The lowest BCUT2D eigenvalue weighted by molar-refractivity contribution is -0.181. The molecule has 0 radical (unpaired) electrons. The molecule has 0 unspecified atom stereocenters. The van der Waals surface area contributed by atoms with Crippen molar-refractivity contribution in [3.05, 3.63) is 35.9 Å². The standard InChI is InChI=1S/C12H13F4NO/c1-2-17(8-9-6-4-3-5-7-9)11(18)12(15,16)10(13)14/h3-7,10H,2,8H2,1H3. The Kier molecular flexibility index (Phi) is 4.69. The maximum atomic E-state index is 12.9. The third kappa shape index (κ3) is 3.21. The van der Waals surface area contributed by atoms with Crippen LogP contribution in [0, 0.1) is 0 Å².